The van der Waals surface area contributed by atoms with E-state index in [0.29, 0.717) is 16.9 Å². The minimum Gasteiger partial charge on any atom is -0.465 e. The summed E-state index contributed by atoms with van der Waals surface area (Å²) in [4.78, 5) is 11.6. The van der Waals surface area contributed by atoms with Gasteiger partial charge in [-0.25, -0.2) is 4.79 Å². The van der Waals surface area contributed by atoms with Crippen LogP contribution in [-0.4, -0.2) is 18.1 Å². The Balaban J connectivity index is 2.32. The number of rotatable bonds is 4. The Labute approximate surface area is 141 Å². The topological polar surface area (TPSA) is 64.3 Å². The average molecular weight is 354 g/mol. The van der Waals surface area contributed by atoms with Gasteiger partial charge in [-0.2, -0.15) is 13.2 Å². The molecule has 0 amide bonds. The fourth-order valence-electron chi connectivity index (χ4n) is 2.00. The first kappa shape index (κ1) is 17.7. The lowest BCUT2D eigenvalue weighted by Crippen LogP contribution is -2.14. The second kappa shape index (κ2) is 6.88. The monoisotopic (exact) mass is 354 g/mol. The summed E-state index contributed by atoms with van der Waals surface area (Å²) in [6.45, 7) is 0. The van der Waals surface area contributed by atoms with E-state index in [4.69, 9.17) is 18.0 Å². The second-order valence-electron chi connectivity index (χ2n) is 4.82. The zero-order valence-electron chi connectivity index (χ0n) is 12.5. The lowest BCUT2D eigenvalue weighted by atomic mass is 10.1. The minimum absolute atomic E-state index is 0.0372. The molecule has 0 aliphatic carbocycles. The van der Waals surface area contributed by atoms with Crippen molar-refractivity contribution in [2.45, 2.75) is 6.18 Å². The SMILES string of the molecule is COC(=O)c1ccc(Nc2ccc(C(F)(F)F)cc2)c(C(N)=S)c1. The number of thiocarbonyl (C=S) groups is 1. The lowest BCUT2D eigenvalue weighted by Gasteiger charge is -2.13. The van der Waals surface area contributed by atoms with E-state index in [9.17, 15) is 18.0 Å². The molecule has 0 radical (unpaired) electrons. The molecule has 4 nitrogen and oxygen atoms in total. The van der Waals surface area contributed by atoms with Crippen molar-refractivity contribution in [1.29, 1.82) is 0 Å². The Bertz CT molecular complexity index is 774. The average Bonchev–Trinajstić information content (AvgIpc) is 2.54. The Kier molecular flexibility index (Phi) is 5.08. The van der Waals surface area contributed by atoms with E-state index in [1.165, 1.54) is 31.4 Å². The van der Waals surface area contributed by atoms with Crippen LogP contribution in [0.25, 0.3) is 0 Å². The number of hydrogen-bond donors (Lipinski definition) is 2. The molecule has 126 valence electrons. The van der Waals surface area contributed by atoms with Gasteiger partial charge in [0, 0.05) is 16.9 Å². The summed E-state index contributed by atoms with van der Waals surface area (Å²) in [6.07, 6.45) is -4.40. The number of halogens is 3. The highest BCUT2D eigenvalue weighted by molar-refractivity contribution is 7.80. The quantitative estimate of drug-likeness (QED) is 0.645. The Morgan fingerprint density at radius 3 is 2.29 bits per heavy atom. The molecule has 8 heteroatoms. The van der Waals surface area contributed by atoms with Crippen LogP contribution in [0.15, 0.2) is 42.5 Å². The molecule has 0 saturated carbocycles. The summed E-state index contributed by atoms with van der Waals surface area (Å²) in [5.74, 6) is -0.548. The number of benzene rings is 2. The summed E-state index contributed by atoms with van der Waals surface area (Å²) < 4.78 is 42.3. The number of esters is 1. The highest BCUT2D eigenvalue weighted by Gasteiger charge is 2.29. The molecule has 0 fully saturated rings. The Morgan fingerprint density at radius 2 is 1.79 bits per heavy atom. The first-order valence-corrected chi connectivity index (χ1v) is 7.09. The fraction of sp³-hybridized carbons (Fsp3) is 0.125. The number of nitrogens with one attached hydrogen (secondary N) is 1. The van der Waals surface area contributed by atoms with Crippen molar-refractivity contribution >= 4 is 34.6 Å². The molecule has 2 aromatic rings. The van der Waals surface area contributed by atoms with Gasteiger partial charge in [-0.1, -0.05) is 12.2 Å². The molecule has 24 heavy (non-hydrogen) atoms. The van der Waals surface area contributed by atoms with Gasteiger partial charge in [0.2, 0.25) is 0 Å². The van der Waals surface area contributed by atoms with Gasteiger partial charge in [-0.05, 0) is 42.5 Å². The van der Waals surface area contributed by atoms with E-state index in [2.05, 4.69) is 10.1 Å². The molecule has 0 aliphatic rings. The second-order valence-corrected chi connectivity index (χ2v) is 5.26. The maximum Gasteiger partial charge on any atom is 0.416 e. The van der Waals surface area contributed by atoms with Crippen LogP contribution in [0.5, 0.6) is 0 Å². The van der Waals surface area contributed by atoms with Crippen molar-refractivity contribution in [3.05, 3.63) is 59.2 Å². The summed E-state index contributed by atoms with van der Waals surface area (Å²) in [6, 6.07) is 9.02. The molecular formula is C16H13F3N2O2S. The van der Waals surface area contributed by atoms with Crippen molar-refractivity contribution < 1.29 is 22.7 Å². The number of anilines is 2. The van der Waals surface area contributed by atoms with Crippen molar-refractivity contribution in [2.75, 3.05) is 12.4 Å². The van der Waals surface area contributed by atoms with Crippen LogP contribution in [0.2, 0.25) is 0 Å². The highest BCUT2D eigenvalue weighted by atomic mass is 32.1. The molecular weight excluding hydrogens is 341 g/mol. The van der Waals surface area contributed by atoms with Gasteiger partial charge in [-0.3, -0.25) is 0 Å². The van der Waals surface area contributed by atoms with Gasteiger partial charge in [0.15, 0.2) is 0 Å². The summed E-state index contributed by atoms with van der Waals surface area (Å²) in [5, 5.41) is 2.93. The predicted molar refractivity (Wildman–Crippen MR) is 88.4 cm³/mol. The van der Waals surface area contributed by atoms with Crippen molar-refractivity contribution in [3.8, 4) is 0 Å². The van der Waals surface area contributed by atoms with Crippen LogP contribution < -0.4 is 11.1 Å². The molecule has 0 saturated heterocycles. The molecule has 0 atom stereocenters. The molecule has 2 aromatic carbocycles. The summed E-state index contributed by atoms with van der Waals surface area (Å²) in [7, 11) is 1.25. The van der Waals surface area contributed by atoms with Crippen LogP contribution in [0.1, 0.15) is 21.5 Å². The largest absolute Gasteiger partial charge is 0.465 e. The normalized spacial score (nSPS) is 11.0. The van der Waals surface area contributed by atoms with E-state index in [-0.39, 0.29) is 10.6 Å². The molecule has 0 bridgehead atoms. The zero-order valence-corrected chi connectivity index (χ0v) is 13.3. The smallest absolute Gasteiger partial charge is 0.416 e. The Hall–Kier alpha value is -2.61. The van der Waals surface area contributed by atoms with Gasteiger partial charge < -0.3 is 15.8 Å². The molecule has 0 spiro atoms. The van der Waals surface area contributed by atoms with Crippen molar-refractivity contribution in [2.24, 2.45) is 5.73 Å². The molecule has 2 rings (SSSR count). The molecule has 0 unspecified atom stereocenters. The van der Waals surface area contributed by atoms with Crippen LogP contribution in [0.4, 0.5) is 24.5 Å². The molecule has 0 heterocycles. The van der Waals surface area contributed by atoms with Gasteiger partial charge in [0.1, 0.15) is 4.99 Å². The van der Waals surface area contributed by atoms with Crippen LogP contribution >= 0.6 is 12.2 Å². The van der Waals surface area contributed by atoms with Gasteiger partial charge in [-0.15, -0.1) is 0 Å². The van der Waals surface area contributed by atoms with E-state index in [0.717, 1.165) is 12.1 Å². The first-order valence-electron chi connectivity index (χ1n) is 6.69. The van der Waals surface area contributed by atoms with Crippen LogP contribution in [0, 0.1) is 0 Å². The van der Waals surface area contributed by atoms with Crippen LogP contribution in [-0.2, 0) is 10.9 Å². The number of carbonyl (C=O) groups is 1. The molecule has 3 N–H and O–H groups in total. The third kappa shape index (κ3) is 4.02. The van der Waals surface area contributed by atoms with Crippen molar-refractivity contribution in [3.63, 3.8) is 0 Å². The van der Waals surface area contributed by atoms with Gasteiger partial charge >= 0.3 is 12.1 Å². The first-order chi connectivity index (χ1) is 11.2. The third-order valence-electron chi connectivity index (χ3n) is 3.20. The fourth-order valence-corrected chi connectivity index (χ4v) is 2.17. The number of alkyl halides is 3. The molecule has 0 aliphatic heterocycles. The van der Waals surface area contributed by atoms with Crippen LogP contribution in [0.3, 0.4) is 0 Å². The predicted octanol–water partition coefficient (Wildman–Crippen LogP) is 3.87. The van der Waals surface area contributed by atoms with E-state index in [1.807, 2.05) is 0 Å². The molecule has 0 aromatic heterocycles. The van der Waals surface area contributed by atoms with E-state index >= 15 is 0 Å². The maximum absolute atomic E-state index is 12.6. The number of carbonyl (C=O) groups excluding carboxylic acids is 1. The Morgan fingerprint density at radius 1 is 1.17 bits per heavy atom. The van der Waals surface area contributed by atoms with Gasteiger partial charge in [0.05, 0.1) is 18.2 Å². The van der Waals surface area contributed by atoms with E-state index in [1.54, 1.807) is 6.07 Å². The summed E-state index contributed by atoms with van der Waals surface area (Å²) >= 11 is 4.95. The standard InChI is InChI=1S/C16H13F3N2O2S/c1-23-15(22)9-2-7-13(12(8-9)14(20)24)21-11-5-3-10(4-6-11)16(17,18)19/h2-8,21H,1H3,(H2,20,24). The highest BCUT2D eigenvalue weighted by Crippen LogP contribution is 2.31. The third-order valence-corrected chi connectivity index (χ3v) is 3.42. The number of methoxy groups -OCH3 is 1. The van der Waals surface area contributed by atoms with Gasteiger partial charge in [0.25, 0.3) is 0 Å². The number of ether oxygens (including phenoxy) is 1. The van der Waals surface area contributed by atoms with E-state index < -0.39 is 17.7 Å². The minimum atomic E-state index is -4.40. The van der Waals surface area contributed by atoms with Crippen molar-refractivity contribution in [1.82, 2.24) is 0 Å². The lowest BCUT2D eigenvalue weighted by molar-refractivity contribution is -0.137. The maximum atomic E-state index is 12.6. The zero-order chi connectivity index (χ0) is 17.9. The number of nitrogens with two attached hydrogens (primary N) is 1. The number of hydrogen-bond acceptors (Lipinski definition) is 4. The summed E-state index contributed by atoms with van der Waals surface area (Å²) in [5.41, 5.74) is 6.44.